The van der Waals surface area contributed by atoms with Crippen LogP contribution in [0.2, 0.25) is 0 Å². The van der Waals surface area contributed by atoms with E-state index in [0.29, 0.717) is 19.8 Å². The lowest BCUT2D eigenvalue weighted by atomic mass is 10.6. The van der Waals surface area contributed by atoms with Gasteiger partial charge in [-0.3, -0.25) is 0 Å². The smallest absolute Gasteiger partial charge is 0.158 e. The summed E-state index contributed by atoms with van der Waals surface area (Å²) in [6, 6.07) is 0. The zero-order valence-electron chi connectivity index (χ0n) is 6.53. The maximum Gasteiger partial charge on any atom is 0.158 e. The fraction of sp³-hybridized carbons (Fsp3) is 0.667. The van der Waals surface area contributed by atoms with Gasteiger partial charge in [-0.2, -0.15) is 0 Å². The molecule has 0 aliphatic heterocycles. The van der Waals surface area contributed by atoms with Crippen molar-refractivity contribution in [1.82, 2.24) is 14.8 Å². The molecule has 0 spiro atoms. The van der Waals surface area contributed by atoms with E-state index in [1.165, 1.54) is 0 Å². The molecule has 0 aromatic carbocycles. The van der Waals surface area contributed by atoms with Gasteiger partial charge in [0.25, 0.3) is 0 Å². The summed E-state index contributed by atoms with van der Waals surface area (Å²) in [4.78, 5) is 0. The molecule has 0 atom stereocenters. The molecule has 0 bridgehead atoms. The molecule has 0 saturated heterocycles. The largest absolute Gasteiger partial charge is 0.372 e. The summed E-state index contributed by atoms with van der Waals surface area (Å²) in [5, 5.41) is 7.54. The Balaban J connectivity index is 2.32. The number of hydrogen-bond donors (Lipinski definition) is 1. The van der Waals surface area contributed by atoms with E-state index in [0.717, 1.165) is 5.82 Å². The first kappa shape index (κ1) is 8.16. The molecule has 1 aromatic heterocycles. The average molecular weight is 156 g/mol. The van der Waals surface area contributed by atoms with Crippen molar-refractivity contribution in [2.45, 2.75) is 6.61 Å². The van der Waals surface area contributed by atoms with Crippen LogP contribution >= 0.6 is 0 Å². The third-order valence-electron chi connectivity index (χ3n) is 1.30. The molecule has 5 nitrogen and oxygen atoms in total. The summed E-state index contributed by atoms with van der Waals surface area (Å²) in [5.41, 5.74) is 5.24. The minimum atomic E-state index is 0.480. The van der Waals surface area contributed by atoms with E-state index < -0.39 is 0 Å². The van der Waals surface area contributed by atoms with Crippen molar-refractivity contribution in [3.8, 4) is 0 Å². The van der Waals surface area contributed by atoms with E-state index >= 15 is 0 Å². The van der Waals surface area contributed by atoms with E-state index in [4.69, 9.17) is 10.5 Å². The number of rotatable bonds is 4. The SMILES string of the molecule is Cn1cnnc1COCCN. The maximum atomic E-state index is 5.24. The topological polar surface area (TPSA) is 66.0 Å². The van der Waals surface area contributed by atoms with E-state index in [9.17, 15) is 0 Å². The molecule has 0 aliphatic rings. The maximum absolute atomic E-state index is 5.24. The van der Waals surface area contributed by atoms with Gasteiger partial charge < -0.3 is 15.0 Å². The van der Waals surface area contributed by atoms with Gasteiger partial charge in [0.15, 0.2) is 5.82 Å². The number of aryl methyl sites for hydroxylation is 1. The predicted octanol–water partition coefficient (Wildman–Crippen LogP) is -0.710. The van der Waals surface area contributed by atoms with Gasteiger partial charge in [-0.05, 0) is 0 Å². The van der Waals surface area contributed by atoms with Gasteiger partial charge in [0.1, 0.15) is 12.9 Å². The molecule has 1 aromatic rings. The van der Waals surface area contributed by atoms with Gasteiger partial charge in [0.2, 0.25) is 0 Å². The zero-order valence-corrected chi connectivity index (χ0v) is 6.53. The highest BCUT2D eigenvalue weighted by Gasteiger charge is 1.98. The molecular formula is C6H12N4O. The van der Waals surface area contributed by atoms with Crippen molar-refractivity contribution >= 4 is 0 Å². The second-order valence-corrected chi connectivity index (χ2v) is 2.20. The lowest BCUT2D eigenvalue weighted by Gasteiger charge is -2.00. The second kappa shape index (κ2) is 4.05. The molecule has 11 heavy (non-hydrogen) atoms. The molecule has 0 fully saturated rings. The third kappa shape index (κ3) is 2.28. The number of nitrogens with two attached hydrogens (primary N) is 1. The van der Waals surface area contributed by atoms with Crippen LogP contribution in [0.5, 0.6) is 0 Å². The van der Waals surface area contributed by atoms with Crippen molar-refractivity contribution in [2.75, 3.05) is 13.2 Å². The Morgan fingerprint density at radius 3 is 3.09 bits per heavy atom. The molecule has 0 amide bonds. The monoisotopic (exact) mass is 156 g/mol. The Labute approximate surface area is 65.2 Å². The Morgan fingerprint density at radius 2 is 2.55 bits per heavy atom. The van der Waals surface area contributed by atoms with Gasteiger partial charge in [-0.15, -0.1) is 10.2 Å². The third-order valence-corrected chi connectivity index (χ3v) is 1.30. The van der Waals surface area contributed by atoms with Gasteiger partial charge in [-0.25, -0.2) is 0 Å². The molecule has 5 heteroatoms. The van der Waals surface area contributed by atoms with Gasteiger partial charge in [-0.1, -0.05) is 0 Å². The zero-order chi connectivity index (χ0) is 8.10. The lowest BCUT2D eigenvalue weighted by molar-refractivity contribution is 0.120. The van der Waals surface area contributed by atoms with Crippen LogP contribution in [-0.2, 0) is 18.4 Å². The predicted molar refractivity (Wildman–Crippen MR) is 39.7 cm³/mol. The molecular weight excluding hydrogens is 144 g/mol. The van der Waals surface area contributed by atoms with Crippen molar-refractivity contribution in [2.24, 2.45) is 12.8 Å². The van der Waals surface area contributed by atoms with Crippen LogP contribution in [0.3, 0.4) is 0 Å². The minimum absolute atomic E-state index is 0.480. The molecule has 0 saturated carbocycles. The Kier molecular flexibility index (Phi) is 3.00. The highest BCUT2D eigenvalue weighted by molar-refractivity contribution is 4.80. The summed E-state index contributed by atoms with van der Waals surface area (Å²) in [7, 11) is 1.88. The molecule has 1 rings (SSSR count). The van der Waals surface area contributed by atoms with Crippen LogP contribution in [0, 0.1) is 0 Å². The summed E-state index contributed by atoms with van der Waals surface area (Å²) < 4.78 is 6.98. The Bertz CT molecular complexity index is 210. The first-order chi connectivity index (χ1) is 5.34. The highest BCUT2D eigenvalue weighted by Crippen LogP contribution is 1.92. The molecule has 0 unspecified atom stereocenters. The first-order valence-corrected chi connectivity index (χ1v) is 3.45. The lowest BCUT2D eigenvalue weighted by Crippen LogP contribution is -2.09. The summed E-state index contributed by atoms with van der Waals surface area (Å²) in [5.74, 6) is 0.818. The number of hydrogen-bond acceptors (Lipinski definition) is 4. The fourth-order valence-electron chi connectivity index (χ4n) is 0.685. The van der Waals surface area contributed by atoms with Crippen molar-refractivity contribution < 1.29 is 4.74 Å². The number of ether oxygens (including phenoxy) is 1. The summed E-state index contributed by atoms with van der Waals surface area (Å²) >= 11 is 0. The molecule has 62 valence electrons. The van der Waals surface area contributed by atoms with E-state index in [1.807, 2.05) is 11.6 Å². The minimum Gasteiger partial charge on any atom is -0.372 e. The van der Waals surface area contributed by atoms with Crippen LogP contribution in [0.4, 0.5) is 0 Å². The van der Waals surface area contributed by atoms with Gasteiger partial charge >= 0.3 is 0 Å². The summed E-state index contributed by atoms with van der Waals surface area (Å²) in [6.07, 6.45) is 1.64. The number of aromatic nitrogens is 3. The first-order valence-electron chi connectivity index (χ1n) is 3.45. The number of nitrogens with zero attached hydrogens (tertiary/aromatic N) is 3. The highest BCUT2D eigenvalue weighted by atomic mass is 16.5. The summed E-state index contributed by atoms with van der Waals surface area (Å²) in [6.45, 7) is 1.58. The average Bonchev–Trinajstić information content (AvgIpc) is 2.37. The van der Waals surface area contributed by atoms with E-state index in [-0.39, 0.29) is 0 Å². The quantitative estimate of drug-likeness (QED) is 0.585. The van der Waals surface area contributed by atoms with E-state index in [2.05, 4.69) is 10.2 Å². The van der Waals surface area contributed by atoms with Crippen LogP contribution in [-0.4, -0.2) is 27.9 Å². The Hall–Kier alpha value is -0.940. The standard InChI is InChI=1S/C6H12N4O/c1-10-5-8-9-6(10)4-11-3-2-7/h5H,2-4,7H2,1H3. The van der Waals surface area contributed by atoms with Crippen molar-refractivity contribution in [3.63, 3.8) is 0 Å². The molecule has 0 radical (unpaired) electrons. The fourth-order valence-corrected chi connectivity index (χ4v) is 0.685. The van der Waals surface area contributed by atoms with E-state index in [1.54, 1.807) is 6.33 Å². The van der Waals surface area contributed by atoms with Crippen molar-refractivity contribution in [3.05, 3.63) is 12.2 Å². The van der Waals surface area contributed by atoms with Crippen LogP contribution < -0.4 is 5.73 Å². The van der Waals surface area contributed by atoms with Crippen LogP contribution in [0.1, 0.15) is 5.82 Å². The Morgan fingerprint density at radius 1 is 1.73 bits per heavy atom. The molecule has 1 heterocycles. The normalized spacial score (nSPS) is 10.4. The van der Waals surface area contributed by atoms with Crippen LogP contribution in [0.15, 0.2) is 6.33 Å². The van der Waals surface area contributed by atoms with Crippen LogP contribution in [0.25, 0.3) is 0 Å². The van der Waals surface area contributed by atoms with Gasteiger partial charge in [0.05, 0.1) is 6.61 Å². The second-order valence-electron chi connectivity index (χ2n) is 2.20. The molecule has 0 aliphatic carbocycles. The molecule has 2 N–H and O–H groups in total. The van der Waals surface area contributed by atoms with Crippen molar-refractivity contribution in [1.29, 1.82) is 0 Å². The van der Waals surface area contributed by atoms with Gasteiger partial charge in [0, 0.05) is 13.6 Å².